The number of carbonyl (C=O) groups excluding carboxylic acids is 2. The van der Waals surface area contributed by atoms with Crippen molar-refractivity contribution in [1.29, 1.82) is 0 Å². The second-order valence-corrected chi connectivity index (χ2v) is 16.0. The fourth-order valence-electron chi connectivity index (χ4n) is 3.77. The Hall–Kier alpha value is -3.37. The number of ether oxygens (including phenoxy) is 2. The van der Waals surface area contributed by atoms with Gasteiger partial charge in [0.05, 0.1) is 12.9 Å². The van der Waals surface area contributed by atoms with Gasteiger partial charge in [-0.3, -0.25) is 4.79 Å². The molecule has 0 aliphatic heterocycles. The van der Waals surface area contributed by atoms with Crippen LogP contribution < -0.4 is 0 Å². The molecule has 1 aromatic heterocycles. The van der Waals surface area contributed by atoms with Gasteiger partial charge in [0.15, 0.2) is 12.4 Å². The molecule has 1 amide bonds. The van der Waals surface area contributed by atoms with Crippen LogP contribution in [0.3, 0.4) is 0 Å². The first-order valence-corrected chi connectivity index (χ1v) is 16.2. The standard InChI is InChI=1S/C27H37N5O4Si/c1-7-36-25(33)23-24(30-32(29-23)20-35-17-18-37(4,5)6)27(26(34)28-19-31(2)3)15-13-22(14-16-27)21-11-9-8-10-12-21/h8-15,19H,7,16-18,20H2,1-6H3/b28-19+. The van der Waals surface area contributed by atoms with Gasteiger partial charge in [0.25, 0.3) is 5.91 Å². The predicted molar refractivity (Wildman–Crippen MR) is 147 cm³/mol. The minimum atomic E-state index is -1.32. The molecule has 0 spiro atoms. The van der Waals surface area contributed by atoms with Crippen LogP contribution in [0.25, 0.3) is 5.57 Å². The van der Waals surface area contributed by atoms with Crippen molar-refractivity contribution in [2.45, 2.75) is 51.2 Å². The molecule has 0 radical (unpaired) electrons. The van der Waals surface area contributed by atoms with Gasteiger partial charge in [-0.05, 0) is 30.5 Å². The summed E-state index contributed by atoms with van der Waals surface area (Å²) in [6, 6.07) is 10.9. The van der Waals surface area contributed by atoms with Gasteiger partial charge in [-0.1, -0.05) is 68.2 Å². The molecule has 0 bridgehead atoms. The number of allylic oxidation sites excluding steroid dienone is 3. The molecule has 2 aromatic rings. The van der Waals surface area contributed by atoms with Crippen molar-refractivity contribution >= 4 is 31.9 Å². The SMILES string of the molecule is CCOC(=O)c1nn(COCC[Si](C)(C)C)nc1C1(C(=O)/N=C/N(C)C)C=CC(c2ccccc2)=CC1. The van der Waals surface area contributed by atoms with Crippen LogP contribution in [0.1, 0.15) is 35.1 Å². The van der Waals surface area contributed by atoms with E-state index in [1.54, 1.807) is 32.0 Å². The van der Waals surface area contributed by atoms with Gasteiger partial charge in [0.1, 0.15) is 11.1 Å². The summed E-state index contributed by atoms with van der Waals surface area (Å²) in [7, 11) is 2.30. The second kappa shape index (κ2) is 12.2. The van der Waals surface area contributed by atoms with E-state index in [1.165, 1.54) is 11.1 Å². The lowest BCUT2D eigenvalue weighted by atomic mass is 9.75. The molecular weight excluding hydrogens is 486 g/mol. The molecule has 3 rings (SSSR count). The first-order valence-electron chi connectivity index (χ1n) is 12.5. The van der Waals surface area contributed by atoms with Crippen LogP contribution in [0.4, 0.5) is 0 Å². The minimum absolute atomic E-state index is 0.00902. The third-order valence-corrected chi connectivity index (χ3v) is 7.54. The number of rotatable bonds is 11. The zero-order chi connectivity index (χ0) is 27.1. The van der Waals surface area contributed by atoms with Crippen molar-refractivity contribution < 1.29 is 19.1 Å². The molecule has 0 fully saturated rings. The van der Waals surface area contributed by atoms with E-state index in [4.69, 9.17) is 9.47 Å². The average Bonchev–Trinajstić information content (AvgIpc) is 3.30. The minimum Gasteiger partial charge on any atom is -0.461 e. The summed E-state index contributed by atoms with van der Waals surface area (Å²) in [5.41, 5.74) is 0.885. The van der Waals surface area contributed by atoms with Crippen LogP contribution in [-0.4, -0.2) is 73.5 Å². The Morgan fingerprint density at radius 3 is 2.51 bits per heavy atom. The normalized spacial score (nSPS) is 17.6. The van der Waals surface area contributed by atoms with Crippen LogP contribution >= 0.6 is 0 Å². The van der Waals surface area contributed by atoms with Gasteiger partial charge < -0.3 is 14.4 Å². The number of aromatic nitrogens is 3. The van der Waals surface area contributed by atoms with Crippen molar-refractivity contribution in [2.75, 3.05) is 27.3 Å². The number of esters is 1. The molecule has 1 atom stereocenters. The van der Waals surface area contributed by atoms with Gasteiger partial charge in [-0.15, -0.1) is 5.10 Å². The third-order valence-electron chi connectivity index (χ3n) is 5.84. The molecular formula is C27H37N5O4Si. The van der Waals surface area contributed by atoms with Gasteiger partial charge >= 0.3 is 5.97 Å². The zero-order valence-electron chi connectivity index (χ0n) is 22.6. The molecule has 9 nitrogen and oxygen atoms in total. The van der Waals surface area contributed by atoms with Crippen molar-refractivity contribution in [3.63, 3.8) is 0 Å². The first-order chi connectivity index (χ1) is 17.6. The van der Waals surface area contributed by atoms with Crippen LogP contribution in [0.5, 0.6) is 0 Å². The molecule has 1 aliphatic rings. The van der Waals surface area contributed by atoms with Crippen molar-refractivity contribution in [3.8, 4) is 0 Å². The molecule has 0 saturated heterocycles. The first kappa shape index (κ1) is 28.2. The number of nitrogens with zero attached hydrogens (tertiary/aromatic N) is 5. The Morgan fingerprint density at radius 1 is 1.19 bits per heavy atom. The fourth-order valence-corrected chi connectivity index (χ4v) is 4.53. The van der Waals surface area contributed by atoms with Crippen molar-refractivity contribution in [1.82, 2.24) is 19.9 Å². The Balaban J connectivity index is 2.01. The summed E-state index contributed by atoms with van der Waals surface area (Å²) >= 11 is 0. The Morgan fingerprint density at radius 2 is 1.92 bits per heavy atom. The van der Waals surface area contributed by atoms with Crippen LogP contribution in [-0.2, 0) is 26.4 Å². The molecule has 198 valence electrons. The number of hydrogen-bond donors (Lipinski definition) is 0. The highest BCUT2D eigenvalue weighted by molar-refractivity contribution is 6.76. The van der Waals surface area contributed by atoms with E-state index in [1.807, 2.05) is 42.5 Å². The molecule has 37 heavy (non-hydrogen) atoms. The summed E-state index contributed by atoms with van der Waals surface area (Å²) in [5.74, 6) is -1.08. The Kier molecular flexibility index (Phi) is 9.33. The Labute approximate surface area is 219 Å². The van der Waals surface area contributed by atoms with Crippen molar-refractivity contribution in [2.24, 2.45) is 4.99 Å². The van der Waals surface area contributed by atoms with E-state index in [9.17, 15) is 9.59 Å². The summed E-state index contributed by atoms with van der Waals surface area (Å²) in [6.07, 6.45) is 7.33. The molecule has 0 N–H and O–H groups in total. The topological polar surface area (TPSA) is 98.9 Å². The number of amides is 1. The summed E-state index contributed by atoms with van der Waals surface area (Å²) < 4.78 is 11.1. The number of benzene rings is 1. The molecule has 1 unspecified atom stereocenters. The summed E-state index contributed by atoms with van der Waals surface area (Å²) in [5, 5.41) is 8.98. The average molecular weight is 524 g/mol. The number of aliphatic imine (C=N–C) groups is 1. The van der Waals surface area contributed by atoms with Crippen molar-refractivity contribution in [3.05, 3.63) is 65.5 Å². The lowest BCUT2D eigenvalue weighted by molar-refractivity contribution is -0.121. The number of hydrogen-bond acceptors (Lipinski definition) is 6. The summed E-state index contributed by atoms with van der Waals surface area (Å²) in [4.78, 5) is 33.7. The second-order valence-electron chi connectivity index (χ2n) is 10.4. The maximum Gasteiger partial charge on any atom is 0.360 e. The molecule has 1 aliphatic carbocycles. The molecule has 1 heterocycles. The monoisotopic (exact) mass is 523 g/mol. The zero-order valence-corrected chi connectivity index (χ0v) is 23.6. The van der Waals surface area contributed by atoms with E-state index in [0.717, 1.165) is 17.2 Å². The lowest BCUT2D eigenvalue weighted by Gasteiger charge is -2.28. The highest BCUT2D eigenvalue weighted by Gasteiger charge is 2.45. The van der Waals surface area contributed by atoms with Gasteiger partial charge in [-0.2, -0.15) is 9.90 Å². The van der Waals surface area contributed by atoms with E-state index >= 15 is 0 Å². The maximum atomic E-state index is 13.6. The van der Waals surface area contributed by atoms with Crippen LogP contribution in [0, 0.1) is 0 Å². The molecule has 0 saturated carbocycles. The quantitative estimate of drug-likeness (QED) is 0.143. The van der Waals surface area contributed by atoms with Gasteiger partial charge in [0.2, 0.25) is 0 Å². The Bertz CT molecular complexity index is 1180. The molecule has 10 heteroatoms. The van der Waals surface area contributed by atoms with E-state index < -0.39 is 25.4 Å². The summed E-state index contributed by atoms with van der Waals surface area (Å²) in [6.45, 7) is 9.35. The van der Waals surface area contributed by atoms with E-state index in [0.29, 0.717) is 6.61 Å². The van der Waals surface area contributed by atoms with E-state index in [2.05, 4.69) is 34.8 Å². The number of carbonyl (C=O) groups is 2. The van der Waals surface area contributed by atoms with E-state index in [-0.39, 0.29) is 31.1 Å². The predicted octanol–water partition coefficient (Wildman–Crippen LogP) is 4.16. The largest absolute Gasteiger partial charge is 0.461 e. The fraction of sp³-hybridized carbons (Fsp3) is 0.444. The van der Waals surface area contributed by atoms with Gasteiger partial charge in [-0.25, -0.2) is 9.79 Å². The third kappa shape index (κ3) is 7.33. The highest BCUT2D eigenvalue weighted by atomic mass is 28.3. The van der Waals surface area contributed by atoms with Crippen LogP contribution in [0.15, 0.2) is 53.6 Å². The molecule has 1 aromatic carbocycles. The van der Waals surface area contributed by atoms with Gasteiger partial charge in [0, 0.05) is 28.8 Å². The highest BCUT2D eigenvalue weighted by Crippen LogP contribution is 2.38. The lowest BCUT2D eigenvalue weighted by Crippen LogP contribution is -2.36. The smallest absolute Gasteiger partial charge is 0.360 e. The maximum absolute atomic E-state index is 13.6. The van der Waals surface area contributed by atoms with Crippen LogP contribution in [0.2, 0.25) is 25.7 Å².